The predicted octanol–water partition coefficient (Wildman–Crippen LogP) is 2.77. The molecule has 4 nitrogen and oxygen atoms in total. The van der Waals surface area contributed by atoms with Gasteiger partial charge in [-0.15, -0.1) is 0 Å². The molecule has 0 saturated heterocycles. The summed E-state index contributed by atoms with van der Waals surface area (Å²) in [6.07, 6.45) is 2.12. The van der Waals surface area contributed by atoms with Crippen LogP contribution in [0.2, 0.25) is 0 Å². The first-order valence-electron chi connectivity index (χ1n) is 6.31. The first kappa shape index (κ1) is 13.9. The van der Waals surface area contributed by atoms with Crippen LogP contribution in [0.25, 0.3) is 17.0 Å². The number of fused-ring (bicyclic) bond motifs is 1. The maximum atomic E-state index is 11.5. The minimum Gasteiger partial charge on any atom is -0.452 e. The van der Waals surface area contributed by atoms with Gasteiger partial charge in [-0.25, -0.2) is 9.78 Å². The van der Waals surface area contributed by atoms with E-state index >= 15 is 0 Å². The van der Waals surface area contributed by atoms with Crippen LogP contribution in [0, 0.1) is 0 Å². The number of para-hydroxylation sites is 1. The molecule has 0 fully saturated rings. The number of carbonyl (C=O) groups is 2. The summed E-state index contributed by atoms with van der Waals surface area (Å²) in [5.41, 5.74) is 1.52. The molecule has 0 amide bonds. The lowest BCUT2D eigenvalue weighted by Crippen LogP contribution is -2.20. The number of hydrogen-bond donors (Lipinski definition) is 0. The third kappa shape index (κ3) is 3.51. The smallest absolute Gasteiger partial charge is 0.331 e. The molecule has 1 atom stereocenters. The molecule has 1 heterocycles. The summed E-state index contributed by atoms with van der Waals surface area (Å²) in [6, 6.07) is 11.5. The Morgan fingerprint density at radius 1 is 1.20 bits per heavy atom. The molecule has 0 aliphatic heterocycles. The van der Waals surface area contributed by atoms with Gasteiger partial charge in [0.1, 0.15) is 0 Å². The summed E-state index contributed by atoms with van der Waals surface area (Å²) in [5.74, 6) is -0.738. The summed E-state index contributed by atoms with van der Waals surface area (Å²) in [4.78, 5) is 26.9. The Kier molecular flexibility index (Phi) is 4.25. The van der Waals surface area contributed by atoms with Crippen LogP contribution in [0.5, 0.6) is 0 Å². The third-order valence-corrected chi connectivity index (χ3v) is 2.88. The van der Waals surface area contributed by atoms with Crippen LogP contribution >= 0.6 is 0 Å². The van der Waals surface area contributed by atoms with E-state index in [0.29, 0.717) is 5.69 Å². The van der Waals surface area contributed by atoms with E-state index in [1.54, 1.807) is 13.0 Å². The number of aromatic nitrogens is 1. The summed E-state index contributed by atoms with van der Waals surface area (Å²) < 4.78 is 4.92. The van der Waals surface area contributed by atoms with Gasteiger partial charge in [-0.3, -0.25) is 4.79 Å². The third-order valence-electron chi connectivity index (χ3n) is 2.88. The van der Waals surface area contributed by atoms with E-state index in [1.165, 1.54) is 13.0 Å². The highest BCUT2D eigenvalue weighted by atomic mass is 16.5. The van der Waals surface area contributed by atoms with Crippen LogP contribution in [-0.4, -0.2) is 22.8 Å². The number of esters is 1. The summed E-state index contributed by atoms with van der Waals surface area (Å²) in [6.45, 7) is 2.93. The molecule has 2 aromatic rings. The molecule has 20 heavy (non-hydrogen) atoms. The van der Waals surface area contributed by atoms with E-state index in [9.17, 15) is 9.59 Å². The van der Waals surface area contributed by atoms with Crippen molar-refractivity contribution in [3.05, 3.63) is 48.2 Å². The van der Waals surface area contributed by atoms with Gasteiger partial charge in [0.15, 0.2) is 11.9 Å². The van der Waals surface area contributed by atoms with Crippen LogP contribution in [-0.2, 0) is 14.3 Å². The Hall–Kier alpha value is -2.49. The van der Waals surface area contributed by atoms with E-state index in [2.05, 4.69) is 4.98 Å². The zero-order valence-corrected chi connectivity index (χ0v) is 11.4. The monoisotopic (exact) mass is 269 g/mol. The summed E-state index contributed by atoms with van der Waals surface area (Å²) in [5, 5.41) is 1.04. The molecular weight excluding hydrogens is 254 g/mol. The first-order valence-corrected chi connectivity index (χ1v) is 6.31. The lowest BCUT2D eigenvalue weighted by atomic mass is 10.2. The second kappa shape index (κ2) is 6.10. The fourth-order valence-electron chi connectivity index (χ4n) is 1.62. The van der Waals surface area contributed by atoms with Crippen LogP contribution in [0.3, 0.4) is 0 Å². The Labute approximate surface area is 117 Å². The minimum absolute atomic E-state index is 0.185. The van der Waals surface area contributed by atoms with Gasteiger partial charge < -0.3 is 4.74 Å². The van der Waals surface area contributed by atoms with Gasteiger partial charge in [0.05, 0.1) is 11.2 Å². The van der Waals surface area contributed by atoms with Crippen molar-refractivity contribution in [2.24, 2.45) is 0 Å². The quantitative estimate of drug-likeness (QED) is 0.632. The molecule has 0 N–H and O–H groups in total. The van der Waals surface area contributed by atoms with Gasteiger partial charge in [0.2, 0.25) is 0 Å². The van der Waals surface area contributed by atoms with Crippen molar-refractivity contribution in [1.82, 2.24) is 4.98 Å². The highest BCUT2D eigenvalue weighted by molar-refractivity contribution is 5.90. The molecule has 2 rings (SSSR count). The molecule has 0 unspecified atom stereocenters. The Balaban J connectivity index is 2.09. The lowest BCUT2D eigenvalue weighted by Gasteiger charge is -2.06. The molecule has 4 heteroatoms. The van der Waals surface area contributed by atoms with Crippen LogP contribution in [0.15, 0.2) is 42.5 Å². The second-order valence-electron chi connectivity index (χ2n) is 4.45. The normalized spacial score (nSPS) is 12.5. The van der Waals surface area contributed by atoms with Gasteiger partial charge in [-0.1, -0.05) is 24.3 Å². The molecule has 102 valence electrons. The molecule has 1 aromatic carbocycles. The van der Waals surface area contributed by atoms with Crippen molar-refractivity contribution in [1.29, 1.82) is 0 Å². The van der Waals surface area contributed by atoms with Crippen molar-refractivity contribution in [3.8, 4) is 0 Å². The van der Waals surface area contributed by atoms with Gasteiger partial charge in [-0.2, -0.15) is 0 Å². The molecule has 0 bridgehead atoms. The number of pyridine rings is 1. The van der Waals surface area contributed by atoms with E-state index in [-0.39, 0.29) is 5.78 Å². The van der Waals surface area contributed by atoms with Crippen LogP contribution in [0.4, 0.5) is 0 Å². The summed E-state index contributed by atoms with van der Waals surface area (Å²) in [7, 11) is 0. The standard InChI is InChI=1S/C16H15NO3/c1-11(18)12(2)20-16(19)10-9-14-8-7-13-5-3-4-6-15(13)17-14/h3-10,12H,1-2H3/b10-9+/t12-/m1/s1. The maximum absolute atomic E-state index is 11.5. The first-order chi connectivity index (χ1) is 9.56. The number of ketones is 1. The zero-order valence-electron chi connectivity index (χ0n) is 11.4. The molecule has 0 radical (unpaired) electrons. The lowest BCUT2D eigenvalue weighted by molar-refractivity contribution is -0.148. The second-order valence-corrected chi connectivity index (χ2v) is 4.45. The molecule has 0 aliphatic rings. The SMILES string of the molecule is CC(=O)[C@@H](C)OC(=O)/C=C/c1ccc2ccccc2n1. The van der Waals surface area contributed by atoms with E-state index in [4.69, 9.17) is 4.74 Å². The molecule has 0 spiro atoms. The van der Waals surface area contributed by atoms with Gasteiger partial charge >= 0.3 is 5.97 Å². The maximum Gasteiger partial charge on any atom is 0.331 e. The van der Waals surface area contributed by atoms with E-state index in [1.807, 2.05) is 36.4 Å². The molecule has 0 aliphatic carbocycles. The largest absolute Gasteiger partial charge is 0.452 e. The fraction of sp³-hybridized carbons (Fsp3) is 0.188. The van der Waals surface area contributed by atoms with Gasteiger partial charge in [0.25, 0.3) is 0 Å². The van der Waals surface area contributed by atoms with Gasteiger partial charge in [0, 0.05) is 11.5 Å². The van der Waals surface area contributed by atoms with Crippen molar-refractivity contribution in [2.45, 2.75) is 20.0 Å². The highest BCUT2D eigenvalue weighted by Crippen LogP contribution is 2.12. The zero-order chi connectivity index (χ0) is 14.5. The van der Waals surface area contributed by atoms with Crippen molar-refractivity contribution < 1.29 is 14.3 Å². The number of benzene rings is 1. The Bertz CT molecular complexity index is 676. The molecule has 1 aromatic heterocycles. The molecular formula is C16H15NO3. The van der Waals surface area contributed by atoms with E-state index < -0.39 is 12.1 Å². The highest BCUT2D eigenvalue weighted by Gasteiger charge is 2.10. The summed E-state index contributed by atoms with van der Waals surface area (Å²) >= 11 is 0. The average Bonchev–Trinajstić information content (AvgIpc) is 2.44. The predicted molar refractivity (Wildman–Crippen MR) is 77.0 cm³/mol. The number of carbonyl (C=O) groups excluding carboxylic acids is 2. The number of nitrogens with zero attached hydrogens (tertiary/aromatic N) is 1. The van der Waals surface area contributed by atoms with Crippen molar-refractivity contribution in [2.75, 3.05) is 0 Å². The fourth-order valence-corrected chi connectivity index (χ4v) is 1.62. The minimum atomic E-state index is -0.725. The topological polar surface area (TPSA) is 56.3 Å². The Morgan fingerprint density at radius 2 is 1.95 bits per heavy atom. The van der Waals surface area contributed by atoms with Crippen molar-refractivity contribution in [3.63, 3.8) is 0 Å². The van der Waals surface area contributed by atoms with Crippen LogP contribution in [0.1, 0.15) is 19.5 Å². The van der Waals surface area contributed by atoms with Gasteiger partial charge in [-0.05, 0) is 32.1 Å². The number of rotatable bonds is 4. The number of Topliss-reactive ketones (excluding diaryl/α,β-unsaturated/α-hetero) is 1. The number of hydrogen-bond acceptors (Lipinski definition) is 4. The van der Waals surface area contributed by atoms with E-state index in [0.717, 1.165) is 10.9 Å². The van der Waals surface area contributed by atoms with Crippen LogP contribution < -0.4 is 0 Å². The van der Waals surface area contributed by atoms with Crippen molar-refractivity contribution >= 4 is 28.7 Å². The average molecular weight is 269 g/mol. The molecule has 0 saturated carbocycles. The Morgan fingerprint density at radius 3 is 2.70 bits per heavy atom. The number of ether oxygens (including phenoxy) is 1.